The van der Waals surface area contributed by atoms with Crippen LogP contribution in [0.2, 0.25) is 0 Å². The molecule has 0 aliphatic heterocycles. The number of thioether (sulfide) groups is 1. The zero-order valence-electron chi connectivity index (χ0n) is 15.1. The highest BCUT2D eigenvalue weighted by Gasteiger charge is 2.13. The normalized spacial score (nSPS) is 11.2. The summed E-state index contributed by atoms with van der Waals surface area (Å²) in [5, 5.41) is 3.01. The molecule has 0 heterocycles. The predicted octanol–water partition coefficient (Wildman–Crippen LogP) is 6.55. The number of rotatable bonds is 7. The lowest BCUT2D eigenvalue weighted by Gasteiger charge is -2.14. The number of benzene rings is 2. The van der Waals surface area contributed by atoms with Gasteiger partial charge in [-0.3, -0.25) is 4.79 Å². The maximum absolute atomic E-state index is 12.5. The number of nitrogens with one attached hydrogen (secondary N) is 1. The lowest BCUT2D eigenvalue weighted by molar-refractivity contribution is -0.112. The van der Waals surface area contributed by atoms with Crippen molar-refractivity contribution in [1.82, 2.24) is 0 Å². The number of carbonyl (C=O) groups is 1. The summed E-state index contributed by atoms with van der Waals surface area (Å²) in [5.41, 5.74) is 4.14. The molecule has 0 aromatic heterocycles. The Morgan fingerprint density at radius 1 is 1.16 bits per heavy atom. The van der Waals surface area contributed by atoms with E-state index in [0.717, 1.165) is 35.2 Å². The van der Waals surface area contributed by atoms with Gasteiger partial charge >= 0.3 is 0 Å². The first kappa shape index (κ1) is 19.1. The van der Waals surface area contributed by atoms with E-state index >= 15 is 0 Å². The monoisotopic (exact) mass is 351 g/mol. The molecule has 2 nitrogen and oxygen atoms in total. The molecule has 1 amide bonds. The topological polar surface area (TPSA) is 29.1 Å². The smallest absolute Gasteiger partial charge is 0.261 e. The SMILES string of the molecule is C=C(S/C(=C\C)CCC)C(=O)Nc1cccc(-c2ccccc2)c1C. The second-order valence-corrected chi connectivity index (χ2v) is 7.05. The van der Waals surface area contributed by atoms with Crippen LogP contribution in [0.3, 0.4) is 0 Å². The molecule has 0 bridgehead atoms. The van der Waals surface area contributed by atoms with Crippen molar-refractivity contribution < 1.29 is 4.79 Å². The lowest BCUT2D eigenvalue weighted by Crippen LogP contribution is -2.13. The number of allylic oxidation sites excluding steroid dienone is 2. The fraction of sp³-hybridized carbons (Fsp3) is 0.227. The van der Waals surface area contributed by atoms with E-state index in [2.05, 4.69) is 37.0 Å². The standard InChI is InChI=1S/C22H25NOS/c1-5-11-19(6-2)25-17(4)22(24)23-21-15-10-14-20(16(21)3)18-12-8-7-9-13-18/h6-10,12-15H,4-5,11H2,1-3H3,(H,23,24)/b19-6-. The Morgan fingerprint density at radius 2 is 1.88 bits per heavy atom. The summed E-state index contributed by atoms with van der Waals surface area (Å²) in [6.45, 7) is 10.1. The Kier molecular flexibility index (Phi) is 7.08. The van der Waals surface area contributed by atoms with Crippen molar-refractivity contribution in [2.24, 2.45) is 0 Å². The molecule has 0 saturated heterocycles. The Bertz CT molecular complexity index is 778. The van der Waals surface area contributed by atoms with Crippen LogP contribution in [0.25, 0.3) is 11.1 Å². The number of hydrogen-bond acceptors (Lipinski definition) is 2. The van der Waals surface area contributed by atoms with Gasteiger partial charge in [0.05, 0.1) is 4.91 Å². The van der Waals surface area contributed by atoms with Crippen LogP contribution in [0, 0.1) is 6.92 Å². The van der Waals surface area contributed by atoms with Gasteiger partial charge in [-0.25, -0.2) is 0 Å². The van der Waals surface area contributed by atoms with Gasteiger partial charge in [-0.1, -0.05) is 80.2 Å². The molecular weight excluding hydrogens is 326 g/mol. The summed E-state index contributed by atoms with van der Waals surface area (Å²) < 4.78 is 0. The van der Waals surface area contributed by atoms with E-state index in [9.17, 15) is 4.79 Å². The van der Waals surface area contributed by atoms with Crippen LogP contribution in [0.1, 0.15) is 32.3 Å². The summed E-state index contributed by atoms with van der Waals surface area (Å²) in [6, 6.07) is 16.2. The summed E-state index contributed by atoms with van der Waals surface area (Å²) in [5.74, 6) is -0.145. The van der Waals surface area contributed by atoms with E-state index in [4.69, 9.17) is 0 Å². The third-order valence-electron chi connectivity index (χ3n) is 3.99. The maximum Gasteiger partial charge on any atom is 0.261 e. The largest absolute Gasteiger partial charge is 0.321 e. The fourth-order valence-corrected chi connectivity index (χ4v) is 3.48. The predicted molar refractivity (Wildman–Crippen MR) is 111 cm³/mol. The van der Waals surface area contributed by atoms with Crippen LogP contribution in [-0.2, 0) is 4.79 Å². The summed E-state index contributed by atoms with van der Waals surface area (Å²) >= 11 is 1.46. The zero-order chi connectivity index (χ0) is 18.2. The maximum atomic E-state index is 12.5. The fourth-order valence-electron chi connectivity index (χ4n) is 2.60. The second kappa shape index (κ2) is 9.28. The zero-order valence-corrected chi connectivity index (χ0v) is 16.0. The first-order valence-corrected chi connectivity index (χ1v) is 9.36. The lowest BCUT2D eigenvalue weighted by atomic mass is 9.99. The molecule has 2 aromatic carbocycles. The Labute approximate surface area is 155 Å². The average molecular weight is 352 g/mol. The third kappa shape index (κ3) is 5.10. The van der Waals surface area contributed by atoms with Crippen LogP contribution in [-0.4, -0.2) is 5.91 Å². The van der Waals surface area contributed by atoms with Gasteiger partial charge in [0.15, 0.2) is 0 Å². The van der Waals surface area contributed by atoms with E-state index in [1.54, 1.807) is 0 Å². The van der Waals surface area contributed by atoms with Crippen LogP contribution in [0.15, 0.2) is 71.0 Å². The molecule has 1 N–H and O–H groups in total. The van der Waals surface area contributed by atoms with Gasteiger partial charge < -0.3 is 5.32 Å². The quantitative estimate of drug-likeness (QED) is 0.573. The number of carbonyl (C=O) groups excluding carboxylic acids is 1. The van der Waals surface area contributed by atoms with E-state index in [-0.39, 0.29) is 5.91 Å². The highest BCUT2D eigenvalue weighted by molar-refractivity contribution is 8.07. The minimum absolute atomic E-state index is 0.145. The van der Waals surface area contributed by atoms with Gasteiger partial charge in [0.1, 0.15) is 0 Å². The second-order valence-electron chi connectivity index (χ2n) is 5.83. The molecule has 0 aliphatic carbocycles. The summed E-state index contributed by atoms with van der Waals surface area (Å²) in [4.78, 5) is 14.2. The Balaban J connectivity index is 2.15. The van der Waals surface area contributed by atoms with Crippen molar-refractivity contribution >= 4 is 23.4 Å². The first-order valence-electron chi connectivity index (χ1n) is 8.55. The highest BCUT2D eigenvalue weighted by atomic mass is 32.2. The van der Waals surface area contributed by atoms with Crippen molar-refractivity contribution in [3.63, 3.8) is 0 Å². The van der Waals surface area contributed by atoms with Crippen molar-refractivity contribution in [3.8, 4) is 11.1 Å². The summed E-state index contributed by atoms with van der Waals surface area (Å²) in [6.07, 6.45) is 4.07. The van der Waals surface area contributed by atoms with Crippen molar-refractivity contribution in [1.29, 1.82) is 0 Å². The molecule has 0 unspecified atom stereocenters. The van der Waals surface area contributed by atoms with Crippen LogP contribution >= 0.6 is 11.8 Å². The molecule has 0 spiro atoms. The van der Waals surface area contributed by atoms with Gasteiger partial charge in [-0.15, -0.1) is 0 Å². The molecule has 130 valence electrons. The Morgan fingerprint density at radius 3 is 2.52 bits per heavy atom. The molecule has 25 heavy (non-hydrogen) atoms. The summed E-state index contributed by atoms with van der Waals surface area (Å²) in [7, 11) is 0. The molecule has 0 atom stereocenters. The van der Waals surface area contributed by atoms with Gasteiger partial charge in [0.25, 0.3) is 5.91 Å². The average Bonchev–Trinajstić information content (AvgIpc) is 2.63. The number of hydrogen-bond donors (Lipinski definition) is 1. The van der Waals surface area contributed by atoms with Gasteiger partial charge in [0.2, 0.25) is 0 Å². The van der Waals surface area contributed by atoms with Crippen molar-refractivity contribution in [3.05, 3.63) is 76.6 Å². The molecule has 0 fully saturated rings. The minimum atomic E-state index is -0.145. The first-order chi connectivity index (χ1) is 12.1. The van der Waals surface area contributed by atoms with E-state index in [0.29, 0.717) is 4.91 Å². The van der Waals surface area contributed by atoms with Gasteiger partial charge in [-0.05, 0) is 47.9 Å². The molecule has 0 saturated carbocycles. The van der Waals surface area contributed by atoms with Gasteiger partial charge in [0, 0.05) is 5.69 Å². The van der Waals surface area contributed by atoms with E-state index in [1.165, 1.54) is 16.7 Å². The Hall–Kier alpha value is -2.26. The van der Waals surface area contributed by atoms with Crippen LogP contribution in [0.5, 0.6) is 0 Å². The number of anilines is 1. The molecule has 3 heteroatoms. The number of amides is 1. The van der Waals surface area contributed by atoms with Crippen molar-refractivity contribution in [2.45, 2.75) is 33.6 Å². The molecule has 2 rings (SSSR count). The molecule has 2 aromatic rings. The third-order valence-corrected chi connectivity index (χ3v) is 5.13. The molecular formula is C22H25NOS. The van der Waals surface area contributed by atoms with E-state index < -0.39 is 0 Å². The van der Waals surface area contributed by atoms with E-state index in [1.807, 2.05) is 50.3 Å². The molecule has 0 radical (unpaired) electrons. The highest BCUT2D eigenvalue weighted by Crippen LogP contribution is 2.31. The van der Waals surface area contributed by atoms with Gasteiger partial charge in [-0.2, -0.15) is 0 Å². The van der Waals surface area contributed by atoms with Crippen LogP contribution < -0.4 is 5.32 Å². The van der Waals surface area contributed by atoms with Crippen LogP contribution in [0.4, 0.5) is 5.69 Å². The minimum Gasteiger partial charge on any atom is -0.321 e. The van der Waals surface area contributed by atoms with Crippen molar-refractivity contribution in [2.75, 3.05) is 5.32 Å². The molecule has 0 aliphatic rings.